The smallest absolute Gasteiger partial charge is 0.406 e. The lowest BCUT2D eigenvalue weighted by molar-refractivity contribution is -0.274. The van der Waals surface area contributed by atoms with Gasteiger partial charge in [0.05, 0.1) is 11.4 Å². The summed E-state index contributed by atoms with van der Waals surface area (Å²) in [6, 6.07) is 3.68. The third kappa shape index (κ3) is 7.64. The van der Waals surface area contributed by atoms with Crippen LogP contribution in [0.1, 0.15) is 20.3 Å². The largest absolute Gasteiger partial charge is 0.573 e. The molecule has 1 aromatic rings. The van der Waals surface area contributed by atoms with Crippen LogP contribution < -0.4 is 14.8 Å². The summed E-state index contributed by atoms with van der Waals surface area (Å²) in [4.78, 5) is 11.3. The van der Waals surface area contributed by atoms with E-state index >= 15 is 0 Å². The molecule has 1 aromatic carbocycles. The number of alkyl halides is 3. The van der Waals surface area contributed by atoms with E-state index in [0.29, 0.717) is 12.5 Å². The number of nitrogens with one attached hydrogen (secondary N) is 2. The predicted molar refractivity (Wildman–Crippen MR) is 80.8 cm³/mol. The lowest BCUT2D eigenvalue weighted by atomic mass is 10.1. The number of hydrogen-bond acceptors (Lipinski definition) is 4. The zero-order valence-corrected chi connectivity index (χ0v) is 14.0. The third-order valence-corrected chi connectivity index (χ3v) is 4.25. The summed E-state index contributed by atoms with van der Waals surface area (Å²) in [6.45, 7) is 3.95. The molecule has 1 rings (SSSR count). The van der Waals surface area contributed by atoms with E-state index in [1.165, 1.54) is 0 Å². The summed E-state index contributed by atoms with van der Waals surface area (Å²) in [6.07, 6.45) is -4.09. The molecule has 0 aliphatic carbocycles. The van der Waals surface area contributed by atoms with E-state index in [1.807, 2.05) is 13.8 Å². The van der Waals surface area contributed by atoms with Crippen LogP contribution in [0.25, 0.3) is 0 Å². The van der Waals surface area contributed by atoms with E-state index in [9.17, 15) is 26.4 Å². The molecule has 0 saturated carbocycles. The number of sulfonamides is 1. The third-order valence-electron chi connectivity index (χ3n) is 2.83. The minimum atomic E-state index is -4.85. The van der Waals surface area contributed by atoms with Gasteiger partial charge >= 0.3 is 6.36 Å². The van der Waals surface area contributed by atoms with Gasteiger partial charge in [-0.2, -0.15) is 0 Å². The van der Waals surface area contributed by atoms with Crippen LogP contribution in [0.5, 0.6) is 5.75 Å². The molecule has 0 aliphatic heterocycles. The van der Waals surface area contributed by atoms with Crippen molar-refractivity contribution in [2.45, 2.75) is 31.5 Å². The molecule has 0 heterocycles. The number of benzene rings is 1. The Morgan fingerprint density at radius 2 is 1.79 bits per heavy atom. The molecular weight excluding hydrogens is 349 g/mol. The monoisotopic (exact) mass is 368 g/mol. The highest BCUT2D eigenvalue weighted by Gasteiger charge is 2.31. The van der Waals surface area contributed by atoms with E-state index in [4.69, 9.17) is 0 Å². The van der Waals surface area contributed by atoms with Crippen molar-refractivity contribution >= 4 is 15.9 Å². The Kier molecular flexibility index (Phi) is 7.03. The number of rotatable bonds is 8. The van der Waals surface area contributed by atoms with Gasteiger partial charge in [0.25, 0.3) is 0 Å². The van der Waals surface area contributed by atoms with Crippen LogP contribution in [-0.4, -0.2) is 33.8 Å². The van der Waals surface area contributed by atoms with Gasteiger partial charge in [0.2, 0.25) is 15.9 Å². The molecule has 10 heteroatoms. The van der Waals surface area contributed by atoms with Crippen molar-refractivity contribution in [2.24, 2.45) is 5.92 Å². The van der Waals surface area contributed by atoms with Gasteiger partial charge in [-0.05, 0) is 36.6 Å². The Balaban J connectivity index is 2.57. The normalized spacial score (nSPS) is 12.2. The highest BCUT2D eigenvalue weighted by atomic mass is 32.2. The molecule has 1 amide bonds. The number of ether oxygens (including phenoxy) is 1. The van der Waals surface area contributed by atoms with Gasteiger partial charge in [0, 0.05) is 6.54 Å². The van der Waals surface area contributed by atoms with Crippen LogP contribution >= 0.6 is 0 Å². The Hall–Kier alpha value is -1.81. The molecule has 0 radical (unpaired) electrons. The Morgan fingerprint density at radius 3 is 2.29 bits per heavy atom. The molecule has 0 bridgehead atoms. The van der Waals surface area contributed by atoms with E-state index in [-0.39, 0.29) is 4.90 Å². The second kappa shape index (κ2) is 8.34. The van der Waals surface area contributed by atoms with Gasteiger partial charge in [-0.15, -0.1) is 13.2 Å². The molecule has 0 aliphatic rings. The predicted octanol–water partition coefficient (Wildman–Crippen LogP) is 2.03. The quantitative estimate of drug-likeness (QED) is 0.735. The van der Waals surface area contributed by atoms with Crippen molar-refractivity contribution in [3.8, 4) is 5.75 Å². The minimum absolute atomic E-state index is 0.271. The second-order valence-corrected chi connectivity index (χ2v) is 7.14. The first kappa shape index (κ1) is 20.2. The van der Waals surface area contributed by atoms with Crippen molar-refractivity contribution in [1.29, 1.82) is 0 Å². The van der Waals surface area contributed by atoms with Gasteiger partial charge in [-0.3, -0.25) is 4.79 Å². The number of carbonyl (C=O) groups is 1. The molecule has 0 saturated heterocycles. The topological polar surface area (TPSA) is 84.5 Å². The molecule has 6 nitrogen and oxygen atoms in total. The maximum atomic E-state index is 12.0. The first-order valence-electron chi connectivity index (χ1n) is 7.12. The zero-order valence-electron chi connectivity index (χ0n) is 13.2. The van der Waals surface area contributed by atoms with Gasteiger partial charge in [0.1, 0.15) is 5.75 Å². The van der Waals surface area contributed by atoms with Crippen LogP contribution in [0.4, 0.5) is 13.2 Å². The van der Waals surface area contributed by atoms with Gasteiger partial charge in [-0.1, -0.05) is 13.8 Å². The van der Waals surface area contributed by atoms with E-state index < -0.39 is 34.6 Å². The van der Waals surface area contributed by atoms with Crippen LogP contribution in [0.15, 0.2) is 29.2 Å². The zero-order chi connectivity index (χ0) is 18.4. The summed E-state index contributed by atoms with van der Waals surface area (Å²) < 4.78 is 65.8. The lowest BCUT2D eigenvalue weighted by Gasteiger charge is -2.10. The van der Waals surface area contributed by atoms with Crippen LogP contribution in [0, 0.1) is 5.92 Å². The average Bonchev–Trinajstić information content (AvgIpc) is 2.44. The number of halogens is 3. The molecule has 2 N–H and O–H groups in total. The van der Waals surface area contributed by atoms with E-state index in [0.717, 1.165) is 30.7 Å². The lowest BCUT2D eigenvalue weighted by Crippen LogP contribution is -2.37. The molecule has 0 spiro atoms. The fourth-order valence-electron chi connectivity index (χ4n) is 1.63. The molecular formula is C14H19F3N2O4S. The van der Waals surface area contributed by atoms with Gasteiger partial charge < -0.3 is 10.1 Å². The van der Waals surface area contributed by atoms with E-state index in [1.54, 1.807) is 0 Å². The van der Waals surface area contributed by atoms with Gasteiger partial charge in [0.15, 0.2) is 0 Å². The fourth-order valence-corrected chi connectivity index (χ4v) is 2.61. The summed E-state index contributed by atoms with van der Waals surface area (Å²) in [7, 11) is -4.00. The Bertz CT molecular complexity index is 643. The molecule has 0 atom stereocenters. The van der Waals surface area contributed by atoms with Crippen molar-refractivity contribution in [3.05, 3.63) is 24.3 Å². The summed E-state index contributed by atoms with van der Waals surface area (Å²) in [5.74, 6) is -0.622. The average molecular weight is 368 g/mol. The Morgan fingerprint density at radius 1 is 1.21 bits per heavy atom. The summed E-state index contributed by atoms with van der Waals surface area (Å²) >= 11 is 0. The molecule has 0 aromatic heterocycles. The number of hydrogen-bond donors (Lipinski definition) is 2. The summed E-state index contributed by atoms with van der Waals surface area (Å²) in [5, 5.41) is 2.56. The highest BCUT2D eigenvalue weighted by Crippen LogP contribution is 2.23. The van der Waals surface area contributed by atoms with Crippen molar-refractivity contribution < 1.29 is 31.1 Å². The maximum absolute atomic E-state index is 12.0. The SMILES string of the molecule is CC(C)CCNC(=O)CNS(=O)(=O)c1ccc(OC(F)(F)F)cc1. The molecule has 0 fully saturated rings. The number of carbonyl (C=O) groups excluding carboxylic acids is 1. The molecule has 0 unspecified atom stereocenters. The standard InChI is InChI=1S/C14H19F3N2O4S/c1-10(2)7-8-18-13(20)9-19-24(21,22)12-5-3-11(4-6-12)23-14(15,16)17/h3-6,10,19H,7-9H2,1-2H3,(H,18,20). The molecule has 24 heavy (non-hydrogen) atoms. The first-order valence-corrected chi connectivity index (χ1v) is 8.60. The van der Waals surface area contributed by atoms with Crippen molar-refractivity contribution in [1.82, 2.24) is 10.0 Å². The van der Waals surface area contributed by atoms with Gasteiger partial charge in [-0.25, -0.2) is 13.1 Å². The van der Waals surface area contributed by atoms with Crippen molar-refractivity contribution in [2.75, 3.05) is 13.1 Å². The second-order valence-electron chi connectivity index (χ2n) is 5.38. The van der Waals surface area contributed by atoms with Crippen LogP contribution in [0.3, 0.4) is 0 Å². The highest BCUT2D eigenvalue weighted by molar-refractivity contribution is 7.89. The van der Waals surface area contributed by atoms with Crippen molar-refractivity contribution in [3.63, 3.8) is 0 Å². The Labute approximate surface area is 138 Å². The molecule has 136 valence electrons. The van der Waals surface area contributed by atoms with E-state index in [2.05, 4.69) is 14.8 Å². The summed E-state index contributed by atoms with van der Waals surface area (Å²) in [5.41, 5.74) is 0. The van der Waals surface area contributed by atoms with Crippen LogP contribution in [0.2, 0.25) is 0 Å². The van der Waals surface area contributed by atoms with Crippen LogP contribution in [-0.2, 0) is 14.8 Å². The maximum Gasteiger partial charge on any atom is 0.573 e. The fraction of sp³-hybridized carbons (Fsp3) is 0.500. The minimum Gasteiger partial charge on any atom is -0.406 e. The number of amides is 1. The first-order chi connectivity index (χ1) is 11.0.